The standard InChI is InChI=1S/C7H16OS/c1-3-4-7(2)5-9-6-8/h7-8H,3-6H2,1-2H3. The van der Waals surface area contributed by atoms with E-state index in [9.17, 15) is 0 Å². The van der Waals surface area contributed by atoms with Crippen LogP contribution in [0.15, 0.2) is 0 Å². The van der Waals surface area contributed by atoms with Crippen LogP contribution in [0.2, 0.25) is 0 Å². The molecule has 1 nitrogen and oxygen atoms in total. The second-order valence-electron chi connectivity index (χ2n) is 2.39. The predicted octanol–water partition coefficient (Wildman–Crippen LogP) is 2.11. The molecule has 1 N–H and O–H groups in total. The van der Waals surface area contributed by atoms with Crippen LogP contribution in [0.4, 0.5) is 0 Å². The van der Waals surface area contributed by atoms with Gasteiger partial charge in [-0.05, 0) is 11.7 Å². The largest absolute Gasteiger partial charge is 0.386 e. The summed E-state index contributed by atoms with van der Waals surface area (Å²) in [6, 6.07) is 0. The van der Waals surface area contributed by atoms with Crippen molar-refractivity contribution in [3.05, 3.63) is 0 Å². The van der Waals surface area contributed by atoms with E-state index in [0.29, 0.717) is 0 Å². The molecule has 0 heterocycles. The third kappa shape index (κ3) is 6.19. The molecule has 0 aliphatic carbocycles. The number of aliphatic hydroxyl groups excluding tert-OH is 1. The third-order valence-electron chi connectivity index (χ3n) is 1.28. The molecule has 0 radical (unpaired) electrons. The van der Waals surface area contributed by atoms with Gasteiger partial charge in [-0.25, -0.2) is 0 Å². The molecule has 0 rings (SSSR count). The fraction of sp³-hybridized carbons (Fsp3) is 1.00. The maximum Gasteiger partial charge on any atom is 0.0886 e. The van der Waals surface area contributed by atoms with Gasteiger partial charge in [0.1, 0.15) is 0 Å². The highest BCUT2D eigenvalue weighted by atomic mass is 32.2. The van der Waals surface area contributed by atoms with Gasteiger partial charge in [-0.3, -0.25) is 0 Å². The Morgan fingerprint density at radius 2 is 2.22 bits per heavy atom. The van der Waals surface area contributed by atoms with Gasteiger partial charge in [-0.15, -0.1) is 11.8 Å². The van der Waals surface area contributed by atoms with Gasteiger partial charge in [-0.1, -0.05) is 26.7 Å². The Kier molecular flexibility index (Phi) is 6.65. The summed E-state index contributed by atoms with van der Waals surface area (Å²) in [5, 5.41) is 8.45. The molecule has 0 bridgehead atoms. The lowest BCUT2D eigenvalue weighted by Crippen LogP contribution is -1.97. The second kappa shape index (κ2) is 6.43. The summed E-state index contributed by atoms with van der Waals surface area (Å²) in [5.41, 5.74) is 0. The average molecular weight is 148 g/mol. The van der Waals surface area contributed by atoms with E-state index in [4.69, 9.17) is 5.11 Å². The van der Waals surface area contributed by atoms with E-state index in [0.717, 1.165) is 11.7 Å². The zero-order valence-electron chi connectivity index (χ0n) is 6.26. The van der Waals surface area contributed by atoms with Crippen LogP contribution in [0, 0.1) is 5.92 Å². The number of rotatable bonds is 5. The Hall–Kier alpha value is 0.310. The van der Waals surface area contributed by atoms with E-state index < -0.39 is 0 Å². The van der Waals surface area contributed by atoms with Crippen molar-refractivity contribution in [3.8, 4) is 0 Å². The lowest BCUT2D eigenvalue weighted by molar-refractivity contribution is 0.374. The molecule has 0 aliphatic rings. The first kappa shape index (κ1) is 9.31. The maximum absolute atomic E-state index is 8.45. The minimum Gasteiger partial charge on any atom is -0.386 e. The minimum atomic E-state index is 0.272. The summed E-state index contributed by atoms with van der Waals surface area (Å²) >= 11 is 1.61. The summed E-state index contributed by atoms with van der Waals surface area (Å²) < 4.78 is 0. The van der Waals surface area contributed by atoms with Crippen LogP contribution in [-0.4, -0.2) is 16.8 Å². The van der Waals surface area contributed by atoms with Crippen molar-refractivity contribution in [2.75, 3.05) is 11.7 Å². The highest BCUT2D eigenvalue weighted by Crippen LogP contribution is 2.11. The molecule has 0 aromatic carbocycles. The van der Waals surface area contributed by atoms with Crippen LogP contribution >= 0.6 is 11.8 Å². The summed E-state index contributed by atoms with van der Waals surface area (Å²) in [4.78, 5) is 0. The number of thioether (sulfide) groups is 1. The molecular formula is C7H16OS. The second-order valence-corrected chi connectivity index (χ2v) is 3.39. The van der Waals surface area contributed by atoms with Gasteiger partial charge in [-0.2, -0.15) is 0 Å². The lowest BCUT2D eigenvalue weighted by atomic mass is 10.1. The number of aliphatic hydroxyl groups is 1. The molecule has 1 atom stereocenters. The minimum absolute atomic E-state index is 0.272. The zero-order valence-corrected chi connectivity index (χ0v) is 7.08. The van der Waals surface area contributed by atoms with E-state index in [1.165, 1.54) is 12.8 Å². The monoisotopic (exact) mass is 148 g/mol. The molecule has 0 aromatic rings. The molecular weight excluding hydrogens is 132 g/mol. The van der Waals surface area contributed by atoms with Crippen LogP contribution < -0.4 is 0 Å². The molecule has 0 amide bonds. The fourth-order valence-corrected chi connectivity index (χ4v) is 1.50. The van der Waals surface area contributed by atoms with Crippen molar-refractivity contribution in [2.45, 2.75) is 26.7 Å². The summed E-state index contributed by atoms with van der Waals surface area (Å²) in [7, 11) is 0. The molecule has 0 aromatic heterocycles. The smallest absolute Gasteiger partial charge is 0.0886 e. The van der Waals surface area contributed by atoms with Gasteiger partial charge in [0.2, 0.25) is 0 Å². The highest BCUT2D eigenvalue weighted by Gasteiger charge is 1.98. The Bertz CT molecular complexity index is 56.9. The van der Waals surface area contributed by atoms with Gasteiger partial charge >= 0.3 is 0 Å². The number of hydrogen-bond donors (Lipinski definition) is 1. The lowest BCUT2D eigenvalue weighted by Gasteiger charge is -2.06. The Labute approximate surface area is 61.8 Å². The Morgan fingerprint density at radius 1 is 1.56 bits per heavy atom. The van der Waals surface area contributed by atoms with Gasteiger partial charge < -0.3 is 5.11 Å². The first-order chi connectivity index (χ1) is 4.31. The van der Waals surface area contributed by atoms with E-state index in [1.807, 2.05) is 0 Å². The fourth-order valence-electron chi connectivity index (χ4n) is 0.830. The van der Waals surface area contributed by atoms with Crippen molar-refractivity contribution in [3.63, 3.8) is 0 Å². The molecule has 56 valence electrons. The van der Waals surface area contributed by atoms with E-state index in [1.54, 1.807) is 11.8 Å². The molecule has 0 saturated carbocycles. The first-order valence-corrected chi connectivity index (χ1v) is 4.65. The van der Waals surface area contributed by atoms with Crippen LogP contribution in [0.1, 0.15) is 26.7 Å². The quantitative estimate of drug-likeness (QED) is 0.602. The molecule has 0 fully saturated rings. The molecule has 9 heavy (non-hydrogen) atoms. The first-order valence-electron chi connectivity index (χ1n) is 3.49. The summed E-state index contributed by atoms with van der Waals surface area (Å²) in [6.45, 7) is 4.42. The topological polar surface area (TPSA) is 20.2 Å². The van der Waals surface area contributed by atoms with E-state index in [-0.39, 0.29) is 5.94 Å². The Morgan fingerprint density at radius 3 is 2.67 bits per heavy atom. The molecule has 0 saturated heterocycles. The van der Waals surface area contributed by atoms with Crippen molar-refractivity contribution >= 4 is 11.8 Å². The summed E-state index contributed by atoms with van der Waals surface area (Å²) in [5.74, 6) is 2.14. The maximum atomic E-state index is 8.45. The van der Waals surface area contributed by atoms with Gasteiger partial charge in [0.25, 0.3) is 0 Å². The van der Waals surface area contributed by atoms with Crippen LogP contribution in [0.25, 0.3) is 0 Å². The van der Waals surface area contributed by atoms with Crippen molar-refractivity contribution in [1.29, 1.82) is 0 Å². The molecule has 2 heteroatoms. The van der Waals surface area contributed by atoms with Crippen LogP contribution in [-0.2, 0) is 0 Å². The van der Waals surface area contributed by atoms with Gasteiger partial charge in [0.05, 0.1) is 5.94 Å². The third-order valence-corrected chi connectivity index (χ3v) is 2.26. The predicted molar refractivity (Wildman–Crippen MR) is 43.6 cm³/mol. The van der Waals surface area contributed by atoms with E-state index in [2.05, 4.69) is 13.8 Å². The van der Waals surface area contributed by atoms with Gasteiger partial charge in [0, 0.05) is 0 Å². The molecule has 0 aliphatic heterocycles. The van der Waals surface area contributed by atoms with Crippen LogP contribution in [0.3, 0.4) is 0 Å². The van der Waals surface area contributed by atoms with Crippen molar-refractivity contribution < 1.29 is 5.11 Å². The van der Waals surface area contributed by atoms with E-state index >= 15 is 0 Å². The zero-order chi connectivity index (χ0) is 7.11. The SMILES string of the molecule is CCCC(C)CSCO. The van der Waals surface area contributed by atoms with Crippen molar-refractivity contribution in [1.82, 2.24) is 0 Å². The average Bonchev–Trinajstić information content (AvgIpc) is 1.85. The van der Waals surface area contributed by atoms with Crippen LogP contribution in [0.5, 0.6) is 0 Å². The highest BCUT2D eigenvalue weighted by molar-refractivity contribution is 7.99. The molecule has 0 spiro atoms. The molecule has 1 unspecified atom stereocenters. The normalized spacial score (nSPS) is 13.7. The van der Waals surface area contributed by atoms with Gasteiger partial charge in [0.15, 0.2) is 0 Å². The van der Waals surface area contributed by atoms with Crippen molar-refractivity contribution in [2.24, 2.45) is 5.92 Å². The summed E-state index contributed by atoms with van der Waals surface area (Å²) in [6.07, 6.45) is 2.54. The number of hydrogen-bond acceptors (Lipinski definition) is 2. The Balaban J connectivity index is 2.95.